The largest absolute Gasteiger partial charge is 0.491 e. The van der Waals surface area contributed by atoms with Crippen LogP contribution in [0, 0.1) is 6.92 Å². The molecule has 0 aromatic heterocycles. The Hall–Kier alpha value is -1.55. The summed E-state index contributed by atoms with van der Waals surface area (Å²) in [5, 5.41) is 3.00. The maximum atomic E-state index is 11.8. The normalized spacial score (nSPS) is 15.4. The second kappa shape index (κ2) is 6.57. The molecule has 1 N–H and O–H groups in total. The summed E-state index contributed by atoms with van der Waals surface area (Å²) in [6, 6.07) is 7.86. The van der Waals surface area contributed by atoms with Crippen LogP contribution in [0.4, 0.5) is 0 Å². The van der Waals surface area contributed by atoms with E-state index in [1.165, 1.54) is 12.7 Å². The average Bonchev–Trinajstić information content (AvgIpc) is 2.40. The van der Waals surface area contributed by atoms with Crippen LogP contribution in [0.25, 0.3) is 0 Å². The highest BCUT2D eigenvalue weighted by molar-refractivity contribution is 5.80. The van der Waals surface area contributed by atoms with E-state index in [1.807, 2.05) is 45.0 Å². The van der Waals surface area contributed by atoms with Gasteiger partial charge in [0.05, 0.1) is 13.2 Å². The number of esters is 1. The molecule has 1 aromatic rings. The van der Waals surface area contributed by atoms with Crippen LogP contribution in [0.15, 0.2) is 24.3 Å². The molecule has 0 heterocycles. The first-order valence-corrected chi connectivity index (χ1v) is 6.42. The fourth-order valence-electron chi connectivity index (χ4n) is 1.98. The van der Waals surface area contributed by atoms with E-state index in [9.17, 15) is 4.79 Å². The Morgan fingerprint density at radius 1 is 1.37 bits per heavy atom. The first-order chi connectivity index (χ1) is 8.91. The van der Waals surface area contributed by atoms with Gasteiger partial charge < -0.3 is 14.8 Å². The lowest BCUT2D eigenvalue weighted by Gasteiger charge is -2.29. The van der Waals surface area contributed by atoms with Crippen molar-refractivity contribution in [1.29, 1.82) is 0 Å². The number of ether oxygens (including phenoxy) is 2. The second-order valence-electron chi connectivity index (χ2n) is 5.02. The number of rotatable bonds is 6. The molecule has 0 saturated heterocycles. The zero-order chi connectivity index (χ0) is 14.5. The molecule has 4 heteroatoms. The minimum atomic E-state index is -0.737. The number of aryl methyl sites for hydroxylation is 1. The van der Waals surface area contributed by atoms with E-state index >= 15 is 0 Å². The topological polar surface area (TPSA) is 47.6 Å². The van der Waals surface area contributed by atoms with Crippen molar-refractivity contribution in [2.75, 3.05) is 14.2 Å². The van der Waals surface area contributed by atoms with Gasteiger partial charge in [-0.2, -0.15) is 0 Å². The molecule has 0 radical (unpaired) electrons. The van der Waals surface area contributed by atoms with Gasteiger partial charge in [-0.1, -0.05) is 17.7 Å². The first-order valence-electron chi connectivity index (χ1n) is 6.42. The number of hydrogen-bond acceptors (Lipinski definition) is 4. The lowest BCUT2D eigenvalue weighted by atomic mass is 9.95. The lowest BCUT2D eigenvalue weighted by molar-refractivity contribution is -0.148. The number of carbonyl (C=O) groups is 1. The van der Waals surface area contributed by atoms with Crippen molar-refractivity contribution in [3.63, 3.8) is 0 Å². The summed E-state index contributed by atoms with van der Waals surface area (Å²) in [6.07, 6.45) is 0.434. The number of hydrogen-bond donors (Lipinski definition) is 1. The molecule has 0 fully saturated rings. The van der Waals surface area contributed by atoms with Crippen molar-refractivity contribution in [2.24, 2.45) is 0 Å². The van der Waals surface area contributed by atoms with E-state index in [-0.39, 0.29) is 12.1 Å². The molecule has 0 aliphatic rings. The van der Waals surface area contributed by atoms with Gasteiger partial charge in [-0.25, -0.2) is 0 Å². The van der Waals surface area contributed by atoms with Gasteiger partial charge >= 0.3 is 5.97 Å². The van der Waals surface area contributed by atoms with Crippen LogP contribution < -0.4 is 10.1 Å². The highest BCUT2D eigenvalue weighted by Crippen LogP contribution is 2.19. The van der Waals surface area contributed by atoms with Crippen LogP contribution in [0.2, 0.25) is 0 Å². The molecule has 19 heavy (non-hydrogen) atoms. The SMILES string of the molecule is CNC(C)(CC(C)Oc1ccc(C)cc1)C(=O)OC. The maximum Gasteiger partial charge on any atom is 0.325 e. The minimum Gasteiger partial charge on any atom is -0.491 e. The number of likely N-dealkylation sites (N-methyl/N-ethyl adjacent to an activating group) is 1. The predicted octanol–water partition coefficient (Wildman–Crippen LogP) is 2.30. The summed E-state index contributed by atoms with van der Waals surface area (Å²) < 4.78 is 10.6. The Balaban J connectivity index is 2.65. The maximum absolute atomic E-state index is 11.8. The highest BCUT2D eigenvalue weighted by Gasteiger charge is 2.34. The zero-order valence-corrected chi connectivity index (χ0v) is 12.3. The van der Waals surface area contributed by atoms with Crippen LogP contribution in [-0.4, -0.2) is 31.8 Å². The van der Waals surface area contributed by atoms with E-state index in [4.69, 9.17) is 9.47 Å². The van der Waals surface area contributed by atoms with Crippen molar-refractivity contribution < 1.29 is 14.3 Å². The number of methoxy groups -OCH3 is 1. The molecule has 4 nitrogen and oxygen atoms in total. The molecule has 0 spiro atoms. The summed E-state index contributed by atoms with van der Waals surface area (Å²) in [4.78, 5) is 11.8. The van der Waals surface area contributed by atoms with Crippen LogP contribution in [0.1, 0.15) is 25.8 Å². The summed E-state index contributed by atoms with van der Waals surface area (Å²) in [5.41, 5.74) is 0.452. The first kappa shape index (κ1) is 15.5. The van der Waals surface area contributed by atoms with Crippen LogP contribution >= 0.6 is 0 Å². The molecular weight excluding hydrogens is 242 g/mol. The highest BCUT2D eigenvalue weighted by atomic mass is 16.5. The molecule has 1 aromatic carbocycles. The quantitative estimate of drug-likeness (QED) is 0.802. The molecule has 2 atom stereocenters. The number of nitrogens with one attached hydrogen (secondary N) is 1. The van der Waals surface area contributed by atoms with E-state index in [2.05, 4.69) is 5.32 Å². The summed E-state index contributed by atoms with van der Waals surface area (Å²) in [6.45, 7) is 5.79. The molecular formula is C15H23NO3. The summed E-state index contributed by atoms with van der Waals surface area (Å²) >= 11 is 0. The van der Waals surface area contributed by atoms with Crippen LogP contribution in [0.5, 0.6) is 5.75 Å². The molecule has 106 valence electrons. The monoisotopic (exact) mass is 265 g/mol. The summed E-state index contributed by atoms with van der Waals surface area (Å²) in [7, 11) is 3.14. The van der Waals surface area contributed by atoms with Gasteiger partial charge in [0.15, 0.2) is 0 Å². The third-order valence-electron chi connectivity index (χ3n) is 3.24. The lowest BCUT2D eigenvalue weighted by Crippen LogP contribution is -2.50. The van der Waals surface area contributed by atoms with Crippen molar-refractivity contribution in [1.82, 2.24) is 5.32 Å². The Morgan fingerprint density at radius 2 is 1.95 bits per heavy atom. The Bertz CT molecular complexity index is 416. The molecule has 0 aliphatic carbocycles. The van der Waals surface area contributed by atoms with Gasteiger partial charge in [0.2, 0.25) is 0 Å². The van der Waals surface area contributed by atoms with Gasteiger partial charge in [-0.05, 0) is 40.0 Å². The van der Waals surface area contributed by atoms with E-state index in [0.717, 1.165) is 5.75 Å². The van der Waals surface area contributed by atoms with Crippen molar-refractivity contribution in [2.45, 2.75) is 38.8 Å². The van der Waals surface area contributed by atoms with Crippen LogP contribution in [0.3, 0.4) is 0 Å². The average molecular weight is 265 g/mol. The van der Waals surface area contributed by atoms with E-state index < -0.39 is 5.54 Å². The molecule has 2 unspecified atom stereocenters. The Kier molecular flexibility index (Phi) is 5.36. The molecule has 1 rings (SSSR count). The van der Waals surface area contributed by atoms with Crippen molar-refractivity contribution in [3.8, 4) is 5.75 Å². The third-order valence-corrected chi connectivity index (χ3v) is 3.24. The fraction of sp³-hybridized carbons (Fsp3) is 0.533. The molecule has 0 saturated carbocycles. The smallest absolute Gasteiger partial charge is 0.325 e. The van der Waals surface area contributed by atoms with Crippen molar-refractivity contribution in [3.05, 3.63) is 29.8 Å². The fourth-order valence-corrected chi connectivity index (χ4v) is 1.98. The number of carbonyl (C=O) groups excluding carboxylic acids is 1. The Labute approximate surface area is 115 Å². The molecule has 0 aliphatic heterocycles. The van der Waals surface area contributed by atoms with Gasteiger partial charge in [0.25, 0.3) is 0 Å². The van der Waals surface area contributed by atoms with E-state index in [0.29, 0.717) is 6.42 Å². The Morgan fingerprint density at radius 3 is 2.42 bits per heavy atom. The van der Waals surface area contributed by atoms with Gasteiger partial charge in [0.1, 0.15) is 11.3 Å². The standard InChI is InChI=1S/C15H23NO3/c1-11-6-8-13(9-7-11)19-12(2)10-15(3,16-4)14(17)18-5/h6-9,12,16H,10H2,1-5H3. The third kappa shape index (κ3) is 4.24. The number of benzene rings is 1. The molecule has 0 bridgehead atoms. The van der Waals surface area contributed by atoms with Crippen molar-refractivity contribution >= 4 is 5.97 Å². The van der Waals surface area contributed by atoms with E-state index in [1.54, 1.807) is 7.05 Å². The van der Waals surface area contributed by atoms with Gasteiger partial charge in [0, 0.05) is 6.42 Å². The minimum absolute atomic E-state index is 0.0979. The predicted molar refractivity (Wildman–Crippen MR) is 75.4 cm³/mol. The second-order valence-corrected chi connectivity index (χ2v) is 5.02. The van der Waals surface area contributed by atoms with Crippen LogP contribution in [-0.2, 0) is 9.53 Å². The van der Waals surface area contributed by atoms with Gasteiger partial charge in [-0.3, -0.25) is 4.79 Å². The zero-order valence-electron chi connectivity index (χ0n) is 12.3. The summed E-state index contributed by atoms with van der Waals surface area (Å²) in [5.74, 6) is 0.524. The molecule has 0 amide bonds. The van der Waals surface area contributed by atoms with Gasteiger partial charge in [-0.15, -0.1) is 0 Å².